The molecule has 0 atom stereocenters. The first-order valence-corrected chi connectivity index (χ1v) is 10.0. The van der Waals surface area contributed by atoms with Crippen molar-refractivity contribution in [3.8, 4) is 11.5 Å². The van der Waals surface area contributed by atoms with Crippen molar-refractivity contribution in [2.75, 3.05) is 33.4 Å². The topological polar surface area (TPSA) is 52.4 Å². The SMILES string of the molecule is COc1ccc(Cc2ccc3cnn(C)c3n2)cc1OCCCN1CCCC1. The summed E-state index contributed by atoms with van der Waals surface area (Å²) in [5.41, 5.74) is 3.08. The fraction of sp³-hybridized carbons (Fsp3) is 0.455. The van der Waals surface area contributed by atoms with Crippen molar-refractivity contribution in [3.63, 3.8) is 0 Å². The number of ether oxygens (including phenoxy) is 2. The number of benzene rings is 1. The number of likely N-dealkylation sites (tertiary alicyclic amines) is 1. The Labute approximate surface area is 166 Å². The quantitative estimate of drug-likeness (QED) is 0.561. The van der Waals surface area contributed by atoms with Crippen molar-refractivity contribution in [1.29, 1.82) is 0 Å². The van der Waals surface area contributed by atoms with Crippen LogP contribution in [0.4, 0.5) is 0 Å². The van der Waals surface area contributed by atoms with E-state index in [0.717, 1.165) is 53.2 Å². The molecule has 1 saturated heterocycles. The fourth-order valence-corrected chi connectivity index (χ4v) is 3.79. The summed E-state index contributed by atoms with van der Waals surface area (Å²) in [6, 6.07) is 10.3. The van der Waals surface area contributed by atoms with Crippen molar-refractivity contribution >= 4 is 11.0 Å². The average Bonchev–Trinajstić information content (AvgIpc) is 3.36. The van der Waals surface area contributed by atoms with E-state index in [1.54, 1.807) is 7.11 Å². The first-order chi connectivity index (χ1) is 13.7. The number of hydrogen-bond donors (Lipinski definition) is 0. The standard InChI is InChI=1S/C22H28N4O2/c1-25-22-18(16-23-25)7-8-19(24-22)14-17-6-9-20(27-2)21(15-17)28-13-5-12-26-10-3-4-11-26/h6-9,15-16H,3-5,10-14H2,1-2H3. The van der Waals surface area contributed by atoms with Crippen molar-refractivity contribution in [2.45, 2.75) is 25.7 Å². The average molecular weight is 380 g/mol. The van der Waals surface area contributed by atoms with Crippen LogP contribution >= 0.6 is 0 Å². The van der Waals surface area contributed by atoms with Crippen LogP contribution in [0.1, 0.15) is 30.5 Å². The number of aryl methyl sites for hydroxylation is 1. The maximum absolute atomic E-state index is 6.06. The number of aromatic nitrogens is 3. The molecule has 1 fully saturated rings. The Morgan fingerprint density at radius 3 is 2.75 bits per heavy atom. The Morgan fingerprint density at radius 2 is 1.93 bits per heavy atom. The molecule has 0 N–H and O–H groups in total. The number of rotatable bonds is 8. The van der Waals surface area contributed by atoms with Gasteiger partial charge < -0.3 is 14.4 Å². The minimum Gasteiger partial charge on any atom is -0.493 e. The Hall–Kier alpha value is -2.60. The second-order valence-corrected chi connectivity index (χ2v) is 7.40. The van der Waals surface area contributed by atoms with Gasteiger partial charge in [-0.3, -0.25) is 4.68 Å². The normalized spacial score (nSPS) is 14.6. The molecule has 2 aromatic heterocycles. The van der Waals surface area contributed by atoms with Crippen molar-refractivity contribution in [2.24, 2.45) is 7.05 Å². The molecular weight excluding hydrogens is 352 g/mol. The van der Waals surface area contributed by atoms with Crippen LogP contribution in [0.5, 0.6) is 11.5 Å². The largest absolute Gasteiger partial charge is 0.493 e. The van der Waals surface area contributed by atoms with Gasteiger partial charge in [-0.15, -0.1) is 0 Å². The summed E-state index contributed by atoms with van der Waals surface area (Å²) in [6.45, 7) is 4.27. The minimum atomic E-state index is 0.704. The predicted octanol–water partition coefficient (Wildman–Crippen LogP) is 3.43. The summed E-state index contributed by atoms with van der Waals surface area (Å²) in [7, 11) is 3.60. The van der Waals surface area contributed by atoms with E-state index in [4.69, 9.17) is 14.5 Å². The lowest BCUT2D eigenvalue weighted by Crippen LogP contribution is -2.21. The molecule has 1 aliphatic rings. The van der Waals surface area contributed by atoms with E-state index in [9.17, 15) is 0 Å². The summed E-state index contributed by atoms with van der Waals surface area (Å²) in [6.07, 6.45) is 6.28. The first-order valence-electron chi connectivity index (χ1n) is 10.0. The Bertz CT molecular complexity index is 931. The van der Waals surface area contributed by atoms with Crippen LogP contribution in [-0.2, 0) is 13.5 Å². The smallest absolute Gasteiger partial charge is 0.161 e. The molecule has 0 bridgehead atoms. The van der Waals surface area contributed by atoms with E-state index in [-0.39, 0.29) is 0 Å². The molecule has 3 heterocycles. The zero-order chi connectivity index (χ0) is 19.3. The zero-order valence-corrected chi connectivity index (χ0v) is 16.7. The van der Waals surface area contributed by atoms with Crippen LogP contribution < -0.4 is 9.47 Å². The molecule has 3 aromatic rings. The first kappa shape index (κ1) is 18.7. The molecule has 1 aromatic carbocycles. The molecular formula is C22H28N4O2. The Balaban J connectivity index is 1.42. The van der Waals surface area contributed by atoms with Crippen LogP contribution in [0, 0.1) is 0 Å². The fourth-order valence-electron chi connectivity index (χ4n) is 3.79. The molecule has 0 radical (unpaired) electrons. The molecule has 0 amide bonds. The number of pyridine rings is 1. The molecule has 6 nitrogen and oxygen atoms in total. The maximum atomic E-state index is 6.06. The Morgan fingerprint density at radius 1 is 1.07 bits per heavy atom. The van der Waals surface area contributed by atoms with Gasteiger partial charge in [0.2, 0.25) is 0 Å². The van der Waals surface area contributed by atoms with E-state index in [0.29, 0.717) is 6.61 Å². The van der Waals surface area contributed by atoms with Gasteiger partial charge in [-0.1, -0.05) is 6.07 Å². The van der Waals surface area contributed by atoms with Crippen molar-refractivity contribution < 1.29 is 9.47 Å². The molecule has 4 rings (SSSR count). The highest BCUT2D eigenvalue weighted by molar-refractivity contribution is 5.74. The molecule has 0 spiro atoms. The number of hydrogen-bond acceptors (Lipinski definition) is 5. The van der Waals surface area contributed by atoms with Crippen LogP contribution in [0.2, 0.25) is 0 Å². The van der Waals surface area contributed by atoms with Crippen LogP contribution in [-0.4, -0.2) is 53.0 Å². The predicted molar refractivity (Wildman–Crippen MR) is 110 cm³/mol. The van der Waals surface area contributed by atoms with E-state index in [2.05, 4.69) is 34.3 Å². The van der Waals surface area contributed by atoms with Crippen LogP contribution in [0.3, 0.4) is 0 Å². The highest BCUT2D eigenvalue weighted by Gasteiger charge is 2.12. The molecule has 148 valence electrons. The third-order valence-electron chi connectivity index (χ3n) is 5.33. The molecule has 6 heteroatoms. The molecule has 0 saturated carbocycles. The summed E-state index contributed by atoms with van der Waals surface area (Å²) in [4.78, 5) is 7.26. The van der Waals surface area contributed by atoms with Crippen LogP contribution in [0.15, 0.2) is 36.5 Å². The second kappa shape index (κ2) is 8.61. The lowest BCUT2D eigenvalue weighted by Gasteiger charge is -2.16. The van der Waals surface area contributed by atoms with E-state index >= 15 is 0 Å². The third kappa shape index (κ3) is 4.28. The highest BCUT2D eigenvalue weighted by atomic mass is 16.5. The van der Waals surface area contributed by atoms with Gasteiger partial charge in [0.05, 0.1) is 19.9 Å². The minimum absolute atomic E-state index is 0.704. The number of methoxy groups -OCH3 is 1. The Kier molecular flexibility index (Phi) is 5.76. The van der Waals surface area contributed by atoms with Gasteiger partial charge in [0.25, 0.3) is 0 Å². The summed E-state index contributed by atoms with van der Waals surface area (Å²) in [5, 5.41) is 5.32. The van der Waals surface area contributed by atoms with Gasteiger partial charge in [-0.25, -0.2) is 4.98 Å². The van der Waals surface area contributed by atoms with Gasteiger partial charge in [0.1, 0.15) is 0 Å². The summed E-state index contributed by atoms with van der Waals surface area (Å²) in [5.74, 6) is 1.59. The molecule has 1 aliphatic heterocycles. The van der Waals surface area contributed by atoms with E-state index in [1.807, 2.05) is 24.0 Å². The van der Waals surface area contributed by atoms with E-state index < -0.39 is 0 Å². The van der Waals surface area contributed by atoms with Crippen molar-refractivity contribution in [3.05, 3.63) is 47.8 Å². The molecule has 28 heavy (non-hydrogen) atoms. The molecule has 0 unspecified atom stereocenters. The second-order valence-electron chi connectivity index (χ2n) is 7.40. The highest BCUT2D eigenvalue weighted by Crippen LogP contribution is 2.29. The van der Waals surface area contributed by atoms with Gasteiger partial charge in [-0.2, -0.15) is 5.10 Å². The lowest BCUT2D eigenvalue weighted by atomic mass is 10.1. The maximum Gasteiger partial charge on any atom is 0.161 e. The van der Waals surface area contributed by atoms with Gasteiger partial charge in [0.15, 0.2) is 17.1 Å². The summed E-state index contributed by atoms with van der Waals surface area (Å²) >= 11 is 0. The van der Waals surface area contributed by atoms with Crippen LogP contribution in [0.25, 0.3) is 11.0 Å². The monoisotopic (exact) mass is 380 g/mol. The number of fused-ring (bicyclic) bond motifs is 1. The lowest BCUT2D eigenvalue weighted by molar-refractivity contribution is 0.254. The van der Waals surface area contributed by atoms with E-state index in [1.165, 1.54) is 25.9 Å². The third-order valence-corrected chi connectivity index (χ3v) is 5.33. The van der Waals surface area contributed by atoms with Gasteiger partial charge in [-0.05, 0) is 62.2 Å². The van der Waals surface area contributed by atoms with Gasteiger partial charge >= 0.3 is 0 Å². The zero-order valence-electron chi connectivity index (χ0n) is 16.7. The number of nitrogens with zero attached hydrogens (tertiary/aromatic N) is 4. The summed E-state index contributed by atoms with van der Waals surface area (Å²) < 4.78 is 13.3. The van der Waals surface area contributed by atoms with Crippen molar-refractivity contribution in [1.82, 2.24) is 19.7 Å². The molecule has 0 aliphatic carbocycles. The van der Waals surface area contributed by atoms with Gasteiger partial charge in [0, 0.05) is 31.1 Å².